The first-order valence-corrected chi connectivity index (χ1v) is 10.4. The lowest BCUT2D eigenvalue weighted by atomic mass is 9.85. The predicted octanol–water partition coefficient (Wildman–Crippen LogP) is 6.51. The van der Waals surface area contributed by atoms with Crippen LogP contribution >= 0.6 is 0 Å². The van der Waals surface area contributed by atoms with Gasteiger partial charge in [-0.3, -0.25) is 4.79 Å². The van der Waals surface area contributed by atoms with Crippen molar-refractivity contribution in [2.45, 2.75) is 40.5 Å². The topological polar surface area (TPSA) is 29.1 Å². The molecule has 0 bridgehead atoms. The fourth-order valence-electron chi connectivity index (χ4n) is 3.71. The number of rotatable bonds is 6. The highest BCUT2D eigenvalue weighted by Gasteiger charge is 2.16. The number of carbonyl (C=O) groups is 1. The molecule has 150 valence electrons. The van der Waals surface area contributed by atoms with Crippen LogP contribution in [0.25, 0.3) is 11.1 Å². The number of nitrogens with one attached hydrogen (secondary N) is 1. The van der Waals surface area contributed by atoms with E-state index in [1.165, 1.54) is 27.8 Å². The van der Waals surface area contributed by atoms with Crippen molar-refractivity contribution < 1.29 is 4.79 Å². The van der Waals surface area contributed by atoms with Crippen molar-refractivity contribution in [1.82, 2.24) is 5.32 Å². The summed E-state index contributed by atoms with van der Waals surface area (Å²) >= 11 is 0. The van der Waals surface area contributed by atoms with E-state index in [2.05, 4.69) is 94.5 Å². The monoisotopic (exact) mass is 385 g/mol. The minimum Gasteiger partial charge on any atom is -0.352 e. The van der Waals surface area contributed by atoms with Crippen molar-refractivity contribution in [1.29, 1.82) is 0 Å². The van der Waals surface area contributed by atoms with E-state index in [-0.39, 0.29) is 5.91 Å². The van der Waals surface area contributed by atoms with E-state index in [9.17, 15) is 4.79 Å². The maximum Gasteiger partial charge on any atom is 0.251 e. The Morgan fingerprint density at radius 2 is 1.59 bits per heavy atom. The molecular formula is C27H31NO. The molecular weight excluding hydrogens is 354 g/mol. The Labute approximate surface area is 175 Å². The van der Waals surface area contributed by atoms with E-state index < -0.39 is 0 Å². The van der Waals surface area contributed by atoms with Gasteiger partial charge in [-0.15, -0.1) is 0 Å². The van der Waals surface area contributed by atoms with Crippen molar-refractivity contribution in [2.75, 3.05) is 6.54 Å². The quantitative estimate of drug-likeness (QED) is 0.515. The van der Waals surface area contributed by atoms with Gasteiger partial charge in [0.15, 0.2) is 0 Å². The number of aryl methyl sites for hydroxylation is 2. The minimum atomic E-state index is -0.00420. The molecule has 1 unspecified atom stereocenters. The van der Waals surface area contributed by atoms with E-state index in [1.807, 2.05) is 12.1 Å². The summed E-state index contributed by atoms with van der Waals surface area (Å²) in [6.45, 7) is 11.4. The number of benzene rings is 3. The molecule has 0 aliphatic rings. The highest BCUT2D eigenvalue weighted by atomic mass is 16.1. The third-order valence-corrected chi connectivity index (χ3v) is 5.42. The first-order valence-electron chi connectivity index (χ1n) is 10.4. The smallest absolute Gasteiger partial charge is 0.251 e. The average molecular weight is 386 g/mol. The first kappa shape index (κ1) is 20.9. The number of carbonyl (C=O) groups excluding carboxylic acids is 1. The summed E-state index contributed by atoms with van der Waals surface area (Å²) in [5.41, 5.74) is 8.12. The van der Waals surface area contributed by atoms with Crippen molar-refractivity contribution in [3.63, 3.8) is 0 Å². The molecule has 0 saturated heterocycles. The van der Waals surface area contributed by atoms with Crippen molar-refractivity contribution >= 4 is 5.91 Å². The zero-order valence-electron chi connectivity index (χ0n) is 18.1. The van der Waals surface area contributed by atoms with Crippen molar-refractivity contribution in [3.8, 4) is 11.1 Å². The molecule has 3 aromatic rings. The van der Waals surface area contributed by atoms with Crippen LogP contribution in [0.3, 0.4) is 0 Å². The first-order chi connectivity index (χ1) is 13.9. The van der Waals surface area contributed by atoms with Crippen LogP contribution in [0.5, 0.6) is 0 Å². The molecule has 1 N–H and O–H groups in total. The molecule has 29 heavy (non-hydrogen) atoms. The van der Waals surface area contributed by atoms with Crippen LogP contribution in [0.4, 0.5) is 0 Å². The molecule has 0 radical (unpaired) electrons. The summed E-state index contributed by atoms with van der Waals surface area (Å²) in [7, 11) is 0. The molecule has 1 amide bonds. The van der Waals surface area contributed by atoms with E-state index in [0.29, 0.717) is 18.4 Å². The van der Waals surface area contributed by atoms with Crippen molar-refractivity contribution in [3.05, 3.63) is 94.5 Å². The second kappa shape index (κ2) is 9.09. The number of hydrogen-bond acceptors (Lipinski definition) is 1. The zero-order valence-corrected chi connectivity index (χ0v) is 18.1. The Balaban J connectivity index is 1.98. The van der Waals surface area contributed by atoms with Gasteiger partial charge in [-0.25, -0.2) is 0 Å². The van der Waals surface area contributed by atoms with Gasteiger partial charge in [0.25, 0.3) is 5.91 Å². The number of hydrogen-bond donors (Lipinski definition) is 1. The summed E-state index contributed by atoms with van der Waals surface area (Å²) in [5, 5.41) is 3.01. The maximum absolute atomic E-state index is 12.5. The van der Waals surface area contributed by atoms with Crippen LogP contribution in [-0.4, -0.2) is 12.5 Å². The van der Waals surface area contributed by atoms with Crippen molar-refractivity contribution in [2.24, 2.45) is 5.92 Å². The Kier molecular flexibility index (Phi) is 6.53. The van der Waals surface area contributed by atoms with Crippen LogP contribution in [-0.2, 0) is 0 Å². The lowest BCUT2D eigenvalue weighted by molar-refractivity contribution is 0.0949. The molecule has 2 heteroatoms. The summed E-state index contributed by atoms with van der Waals surface area (Å²) in [6, 6.07) is 23.3. The van der Waals surface area contributed by atoms with Crippen LogP contribution in [0.1, 0.15) is 59.3 Å². The van der Waals surface area contributed by atoms with Gasteiger partial charge in [0.1, 0.15) is 0 Å². The molecule has 3 aromatic carbocycles. The van der Waals surface area contributed by atoms with Gasteiger partial charge in [0, 0.05) is 18.0 Å². The van der Waals surface area contributed by atoms with Gasteiger partial charge in [-0.2, -0.15) is 0 Å². The Morgan fingerprint density at radius 1 is 0.862 bits per heavy atom. The van der Waals surface area contributed by atoms with Gasteiger partial charge in [-0.05, 0) is 59.7 Å². The van der Waals surface area contributed by atoms with E-state index in [4.69, 9.17) is 0 Å². The fraction of sp³-hybridized carbons (Fsp3) is 0.296. The summed E-state index contributed by atoms with van der Waals surface area (Å²) in [5.74, 6) is 0.726. The Hall–Kier alpha value is -2.87. The zero-order chi connectivity index (χ0) is 21.0. The second-order valence-corrected chi connectivity index (χ2v) is 8.36. The highest BCUT2D eigenvalue weighted by Crippen LogP contribution is 2.35. The van der Waals surface area contributed by atoms with Gasteiger partial charge in [0.05, 0.1) is 0 Å². The largest absolute Gasteiger partial charge is 0.352 e. The Morgan fingerprint density at radius 3 is 2.24 bits per heavy atom. The van der Waals surface area contributed by atoms with E-state index in [1.54, 1.807) is 0 Å². The lowest BCUT2D eigenvalue weighted by Gasteiger charge is -2.20. The Bertz CT molecular complexity index is 989. The fourth-order valence-corrected chi connectivity index (χ4v) is 3.71. The molecule has 0 spiro atoms. The summed E-state index contributed by atoms with van der Waals surface area (Å²) in [6.07, 6.45) is 0. The molecule has 0 aliphatic carbocycles. The molecule has 0 fully saturated rings. The summed E-state index contributed by atoms with van der Waals surface area (Å²) in [4.78, 5) is 12.5. The molecule has 1 atom stereocenters. The van der Waals surface area contributed by atoms with Gasteiger partial charge in [-0.1, -0.05) is 80.9 Å². The average Bonchev–Trinajstić information content (AvgIpc) is 2.72. The molecule has 0 aromatic heterocycles. The second-order valence-electron chi connectivity index (χ2n) is 8.36. The molecule has 0 aliphatic heterocycles. The minimum absolute atomic E-state index is 0.00420. The van der Waals surface area contributed by atoms with Crippen LogP contribution in [0.2, 0.25) is 0 Å². The van der Waals surface area contributed by atoms with E-state index >= 15 is 0 Å². The summed E-state index contributed by atoms with van der Waals surface area (Å²) < 4.78 is 0. The van der Waals surface area contributed by atoms with Gasteiger partial charge in [0.2, 0.25) is 0 Å². The van der Waals surface area contributed by atoms with Crippen LogP contribution < -0.4 is 5.32 Å². The SMILES string of the molecule is Cc1ccc(C(C)c2ccccc2)c(-c2ccc(C(=O)NCC(C)C)cc2C)c1. The molecule has 0 heterocycles. The molecule has 2 nitrogen and oxygen atoms in total. The standard InChI is InChI=1S/C27H31NO/c1-18(2)17-28-27(29)23-12-14-24(20(4)16-23)26-15-19(3)11-13-25(26)21(5)22-9-7-6-8-10-22/h6-16,18,21H,17H2,1-5H3,(H,28,29). The molecule has 0 saturated carbocycles. The maximum atomic E-state index is 12.5. The lowest BCUT2D eigenvalue weighted by Crippen LogP contribution is -2.27. The van der Waals surface area contributed by atoms with E-state index in [0.717, 1.165) is 11.1 Å². The van der Waals surface area contributed by atoms with Gasteiger partial charge < -0.3 is 5.32 Å². The van der Waals surface area contributed by atoms with Crippen LogP contribution in [0, 0.1) is 19.8 Å². The normalized spacial score (nSPS) is 12.1. The van der Waals surface area contributed by atoms with Gasteiger partial charge >= 0.3 is 0 Å². The number of amides is 1. The molecule has 3 rings (SSSR count). The third kappa shape index (κ3) is 4.95. The third-order valence-electron chi connectivity index (χ3n) is 5.42. The highest BCUT2D eigenvalue weighted by molar-refractivity contribution is 5.95. The van der Waals surface area contributed by atoms with Crippen LogP contribution in [0.15, 0.2) is 66.7 Å². The predicted molar refractivity (Wildman–Crippen MR) is 122 cm³/mol.